The van der Waals surface area contributed by atoms with Crippen molar-refractivity contribution >= 4 is 17.6 Å². The zero-order valence-electron chi connectivity index (χ0n) is 20.9. The average molecular weight is 481 g/mol. The van der Waals surface area contributed by atoms with Crippen molar-refractivity contribution in [3.63, 3.8) is 0 Å². The predicted molar refractivity (Wildman–Crippen MR) is 138 cm³/mol. The Kier molecular flexibility index (Phi) is 8.15. The highest BCUT2D eigenvalue weighted by Gasteiger charge is 2.33. The lowest BCUT2D eigenvalue weighted by Crippen LogP contribution is -2.48. The van der Waals surface area contributed by atoms with Crippen LogP contribution in [0.5, 0.6) is 0 Å². The number of anilines is 1. The summed E-state index contributed by atoms with van der Waals surface area (Å²) in [6, 6.07) is 11.1. The number of methoxy groups -OCH3 is 1. The zero-order chi connectivity index (χ0) is 24.1. The number of ether oxygens (including phenoxy) is 2. The molecule has 0 N–H and O–H groups in total. The van der Waals surface area contributed by atoms with Gasteiger partial charge in [0.1, 0.15) is 16.9 Å². The molecule has 182 valence electrons. The van der Waals surface area contributed by atoms with E-state index < -0.39 is 0 Å². The molecule has 1 saturated heterocycles. The van der Waals surface area contributed by atoms with E-state index in [0.717, 1.165) is 85.5 Å². The number of aromatic nitrogens is 1. The van der Waals surface area contributed by atoms with Gasteiger partial charge in [0.25, 0.3) is 0 Å². The molecule has 0 spiro atoms. The van der Waals surface area contributed by atoms with Crippen LogP contribution in [0, 0.1) is 18.3 Å². The molecule has 2 aromatic rings. The maximum absolute atomic E-state index is 10.1. The minimum Gasteiger partial charge on any atom is -0.383 e. The first kappa shape index (κ1) is 25.0. The van der Waals surface area contributed by atoms with Gasteiger partial charge in [-0.3, -0.25) is 4.90 Å². The number of nitrogens with zero attached hydrogens (tertiary/aromatic N) is 4. The molecule has 4 rings (SSSR count). The van der Waals surface area contributed by atoms with Crippen LogP contribution in [-0.4, -0.2) is 67.7 Å². The molecule has 2 aliphatic heterocycles. The maximum atomic E-state index is 10.1. The molecule has 1 aromatic heterocycles. The van der Waals surface area contributed by atoms with Crippen LogP contribution in [0.15, 0.2) is 29.3 Å². The number of pyridine rings is 1. The Balaban J connectivity index is 1.59. The first-order valence-corrected chi connectivity index (χ1v) is 13.1. The predicted octanol–water partition coefficient (Wildman–Crippen LogP) is 4.22. The van der Waals surface area contributed by atoms with E-state index >= 15 is 0 Å². The lowest BCUT2D eigenvalue weighted by atomic mass is 9.89. The number of fused-ring (bicyclic) bond motifs is 1. The molecule has 7 heteroatoms. The molecule has 1 fully saturated rings. The Morgan fingerprint density at radius 3 is 2.71 bits per heavy atom. The SMILES string of the molecule is COCCN1CCN(c2nc(SCCc3cccc(C)c3)c(C#N)c3c2COC(C)(C)C3)CC1. The van der Waals surface area contributed by atoms with Gasteiger partial charge in [-0.15, -0.1) is 11.8 Å². The van der Waals surface area contributed by atoms with Gasteiger partial charge in [0, 0.05) is 57.6 Å². The lowest BCUT2D eigenvalue weighted by molar-refractivity contribution is -0.0402. The van der Waals surface area contributed by atoms with Gasteiger partial charge in [0.2, 0.25) is 0 Å². The van der Waals surface area contributed by atoms with Crippen molar-refractivity contribution in [2.75, 3.05) is 57.1 Å². The summed E-state index contributed by atoms with van der Waals surface area (Å²) in [4.78, 5) is 9.93. The number of piperazine rings is 1. The van der Waals surface area contributed by atoms with Gasteiger partial charge < -0.3 is 14.4 Å². The van der Waals surface area contributed by atoms with E-state index in [4.69, 9.17) is 14.5 Å². The minimum absolute atomic E-state index is 0.278. The summed E-state index contributed by atoms with van der Waals surface area (Å²) < 4.78 is 11.4. The Morgan fingerprint density at radius 1 is 1.21 bits per heavy atom. The van der Waals surface area contributed by atoms with Crippen molar-refractivity contribution in [2.45, 2.75) is 50.8 Å². The highest BCUT2D eigenvalue weighted by atomic mass is 32.2. The van der Waals surface area contributed by atoms with Crippen LogP contribution in [0.25, 0.3) is 0 Å². The van der Waals surface area contributed by atoms with Crippen molar-refractivity contribution in [1.29, 1.82) is 5.26 Å². The summed E-state index contributed by atoms with van der Waals surface area (Å²) in [6.45, 7) is 12.4. The van der Waals surface area contributed by atoms with Crippen LogP contribution < -0.4 is 4.90 Å². The van der Waals surface area contributed by atoms with E-state index in [0.29, 0.717) is 6.61 Å². The van der Waals surface area contributed by atoms with Gasteiger partial charge in [0.05, 0.1) is 24.4 Å². The van der Waals surface area contributed by atoms with Crippen LogP contribution in [0.3, 0.4) is 0 Å². The molecule has 3 heterocycles. The first-order chi connectivity index (χ1) is 16.4. The summed E-state index contributed by atoms with van der Waals surface area (Å²) in [5.74, 6) is 1.91. The third-order valence-electron chi connectivity index (χ3n) is 6.67. The van der Waals surface area contributed by atoms with Crippen molar-refractivity contribution in [3.8, 4) is 6.07 Å². The van der Waals surface area contributed by atoms with E-state index in [-0.39, 0.29) is 5.60 Å². The van der Waals surface area contributed by atoms with Crippen molar-refractivity contribution in [1.82, 2.24) is 9.88 Å². The van der Waals surface area contributed by atoms with Crippen molar-refractivity contribution in [3.05, 3.63) is 52.1 Å². The molecule has 0 radical (unpaired) electrons. The summed E-state index contributed by atoms with van der Waals surface area (Å²) >= 11 is 1.71. The van der Waals surface area contributed by atoms with Gasteiger partial charge in [-0.2, -0.15) is 5.26 Å². The smallest absolute Gasteiger partial charge is 0.135 e. The zero-order valence-corrected chi connectivity index (χ0v) is 21.7. The number of hydrogen-bond acceptors (Lipinski definition) is 7. The fourth-order valence-electron chi connectivity index (χ4n) is 4.74. The van der Waals surface area contributed by atoms with Gasteiger partial charge in [0.15, 0.2) is 0 Å². The van der Waals surface area contributed by atoms with Crippen LogP contribution in [0.2, 0.25) is 0 Å². The topological polar surface area (TPSA) is 61.6 Å². The fraction of sp³-hybridized carbons (Fsp3) is 0.556. The number of benzene rings is 1. The van der Waals surface area contributed by atoms with Crippen LogP contribution in [-0.2, 0) is 28.9 Å². The second-order valence-corrected chi connectivity index (χ2v) is 10.9. The Bertz CT molecular complexity index is 1040. The largest absolute Gasteiger partial charge is 0.383 e. The molecule has 2 aliphatic rings. The molecular formula is C27H36N4O2S. The molecule has 0 bridgehead atoms. The number of rotatable bonds is 8. The minimum atomic E-state index is -0.278. The Morgan fingerprint density at radius 2 is 2.00 bits per heavy atom. The maximum Gasteiger partial charge on any atom is 0.135 e. The van der Waals surface area contributed by atoms with E-state index in [2.05, 4.69) is 60.9 Å². The Hall–Kier alpha value is -2.11. The second-order valence-electron chi connectivity index (χ2n) is 9.82. The molecule has 0 unspecified atom stereocenters. The quantitative estimate of drug-likeness (QED) is 0.524. The lowest BCUT2D eigenvalue weighted by Gasteiger charge is -2.39. The summed E-state index contributed by atoms with van der Waals surface area (Å²) in [5.41, 5.74) is 5.29. The molecular weight excluding hydrogens is 444 g/mol. The number of hydrogen-bond donors (Lipinski definition) is 0. The molecule has 0 atom stereocenters. The molecule has 0 saturated carbocycles. The van der Waals surface area contributed by atoms with Gasteiger partial charge in [-0.25, -0.2) is 4.98 Å². The standard InChI is InChI=1S/C27H36N4O2S/c1-20-6-5-7-21(16-20)8-15-34-26-23(18-28)22-17-27(2,3)33-19-24(22)25(29-26)31-11-9-30(10-12-31)13-14-32-4/h5-7,16H,8-15,17,19H2,1-4H3. The number of aryl methyl sites for hydroxylation is 2. The number of nitriles is 1. The second kappa shape index (κ2) is 11.1. The third-order valence-corrected chi connectivity index (χ3v) is 7.65. The molecule has 0 amide bonds. The monoisotopic (exact) mass is 480 g/mol. The van der Waals surface area contributed by atoms with Crippen LogP contribution in [0.1, 0.15) is 41.7 Å². The van der Waals surface area contributed by atoms with E-state index in [1.165, 1.54) is 11.1 Å². The Labute approximate surface area is 208 Å². The van der Waals surface area contributed by atoms with Crippen LogP contribution in [0.4, 0.5) is 5.82 Å². The van der Waals surface area contributed by atoms with Gasteiger partial charge in [-0.05, 0) is 38.3 Å². The van der Waals surface area contributed by atoms with Crippen LogP contribution >= 0.6 is 11.8 Å². The molecule has 34 heavy (non-hydrogen) atoms. The van der Waals surface area contributed by atoms with E-state index in [9.17, 15) is 5.26 Å². The third kappa shape index (κ3) is 5.92. The number of thioether (sulfide) groups is 1. The molecule has 1 aromatic carbocycles. The molecule has 0 aliphatic carbocycles. The summed E-state index contributed by atoms with van der Waals surface area (Å²) in [7, 11) is 1.75. The summed E-state index contributed by atoms with van der Waals surface area (Å²) in [6.07, 6.45) is 1.69. The van der Waals surface area contributed by atoms with Gasteiger partial charge in [-0.1, -0.05) is 29.8 Å². The molecule has 6 nitrogen and oxygen atoms in total. The highest BCUT2D eigenvalue weighted by Crippen LogP contribution is 2.39. The average Bonchev–Trinajstić information content (AvgIpc) is 2.82. The van der Waals surface area contributed by atoms with E-state index in [1.807, 2.05) is 0 Å². The fourth-order valence-corrected chi connectivity index (χ4v) is 5.74. The summed E-state index contributed by atoms with van der Waals surface area (Å²) in [5, 5.41) is 11.0. The van der Waals surface area contributed by atoms with Gasteiger partial charge >= 0.3 is 0 Å². The van der Waals surface area contributed by atoms with Crippen molar-refractivity contribution in [2.24, 2.45) is 0 Å². The van der Waals surface area contributed by atoms with Crippen molar-refractivity contribution < 1.29 is 9.47 Å². The highest BCUT2D eigenvalue weighted by molar-refractivity contribution is 7.99. The normalized spacial score (nSPS) is 17.9. The van der Waals surface area contributed by atoms with E-state index in [1.54, 1.807) is 18.9 Å². The first-order valence-electron chi connectivity index (χ1n) is 12.1.